The summed E-state index contributed by atoms with van der Waals surface area (Å²) in [5.41, 5.74) is 1.72. The van der Waals surface area contributed by atoms with Gasteiger partial charge in [0, 0.05) is 13.2 Å². The molecule has 2 saturated heterocycles. The second-order valence-corrected chi connectivity index (χ2v) is 10.6. The topological polar surface area (TPSA) is 94.5 Å². The minimum absolute atomic E-state index is 0.00330. The van der Waals surface area contributed by atoms with E-state index in [9.17, 15) is 14.7 Å². The molecule has 2 aromatic carbocycles. The van der Waals surface area contributed by atoms with Crippen molar-refractivity contribution in [3.05, 3.63) is 58.7 Å². The van der Waals surface area contributed by atoms with Gasteiger partial charge in [-0.25, -0.2) is 0 Å². The van der Waals surface area contributed by atoms with Gasteiger partial charge in [-0.1, -0.05) is 32.9 Å². The number of amides is 1. The Bertz CT molecular complexity index is 1240. The summed E-state index contributed by atoms with van der Waals surface area (Å²) in [5.74, 6) is -0.274. The Labute approximate surface area is 224 Å². The van der Waals surface area contributed by atoms with Crippen molar-refractivity contribution in [3.8, 4) is 17.2 Å². The number of benzene rings is 2. The molecule has 204 valence electrons. The molecule has 1 amide bonds. The van der Waals surface area contributed by atoms with Gasteiger partial charge >= 0.3 is 0 Å². The van der Waals surface area contributed by atoms with E-state index in [1.165, 1.54) is 19.1 Å². The second kappa shape index (κ2) is 11.1. The molecule has 2 atom stereocenters. The number of hydrogen-bond acceptors (Lipinski definition) is 7. The number of ether oxygens (including phenoxy) is 4. The summed E-state index contributed by atoms with van der Waals surface area (Å²) in [5, 5.41) is 11.7. The normalized spacial score (nSPS) is 21.2. The van der Waals surface area contributed by atoms with Crippen molar-refractivity contribution in [1.82, 2.24) is 4.90 Å². The SMILES string of the molecule is CCOc1ccc(C2/C(=C(\O)c3cc(C(C)(C)C)ccc3OC)C(=O)C(=O)N2CC2CCCO2)cc1OC. The van der Waals surface area contributed by atoms with E-state index in [1.807, 2.05) is 19.1 Å². The average molecular weight is 524 g/mol. The van der Waals surface area contributed by atoms with Crippen molar-refractivity contribution < 1.29 is 33.6 Å². The fourth-order valence-electron chi connectivity index (χ4n) is 5.06. The molecule has 8 nitrogen and oxygen atoms in total. The standard InChI is InChI=1S/C30H37NO7/c1-7-37-23-12-10-18(15-24(23)36-6)26-25(28(33)29(34)31(26)17-20-9-8-14-38-20)27(32)21-16-19(30(2,3)4)11-13-22(21)35-5/h10-13,15-16,20,26,32H,7-9,14,17H2,1-6H3/b27-25+. The van der Waals surface area contributed by atoms with E-state index in [2.05, 4.69) is 20.8 Å². The Morgan fingerprint density at radius 1 is 1.05 bits per heavy atom. The molecule has 0 aromatic heterocycles. The highest BCUT2D eigenvalue weighted by Crippen LogP contribution is 2.44. The van der Waals surface area contributed by atoms with Gasteiger partial charge < -0.3 is 29.0 Å². The predicted octanol–water partition coefficient (Wildman–Crippen LogP) is 5.00. The third kappa shape index (κ3) is 5.23. The Hall–Kier alpha value is -3.52. The number of carbonyl (C=O) groups is 2. The fraction of sp³-hybridized carbons (Fsp3) is 0.467. The zero-order valence-electron chi connectivity index (χ0n) is 23.0. The van der Waals surface area contributed by atoms with Gasteiger partial charge in [0.25, 0.3) is 11.7 Å². The number of hydrogen-bond donors (Lipinski definition) is 1. The minimum Gasteiger partial charge on any atom is -0.507 e. The van der Waals surface area contributed by atoms with Crippen LogP contribution in [-0.4, -0.2) is 61.8 Å². The molecule has 8 heteroatoms. The van der Waals surface area contributed by atoms with Crippen molar-refractivity contribution in [2.75, 3.05) is 34.0 Å². The molecule has 38 heavy (non-hydrogen) atoms. The molecule has 0 saturated carbocycles. The van der Waals surface area contributed by atoms with Crippen LogP contribution in [0.3, 0.4) is 0 Å². The van der Waals surface area contributed by atoms with Crippen LogP contribution in [0, 0.1) is 0 Å². The maximum absolute atomic E-state index is 13.5. The average Bonchev–Trinajstić information content (AvgIpc) is 3.50. The van der Waals surface area contributed by atoms with E-state index in [-0.39, 0.29) is 29.4 Å². The van der Waals surface area contributed by atoms with E-state index < -0.39 is 17.7 Å². The van der Waals surface area contributed by atoms with Gasteiger partial charge in [-0.05, 0) is 60.6 Å². The maximum Gasteiger partial charge on any atom is 0.295 e. The fourth-order valence-corrected chi connectivity index (χ4v) is 5.06. The van der Waals surface area contributed by atoms with Gasteiger partial charge in [-0.3, -0.25) is 9.59 Å². The molecule has 1 N–H and O–H groups in total. The molecule has 0 spiro atoms. The number of ketones is 1. The predicted molar refractivity (Wildman–Crippen MR) is 144 cm³/mol. The van der Waals surface area contributed by atoms with Crippen molar-refractivity contribution in [3.63, 3.8) is 0 Å². The zero-order chi connectivity index (χ0) is 27.6. The van der Waals surface area contributed by atoms with Crippen molar-refractivity contribution in [1.29, 1.82) is 0 Å². The number of Topliss-reactive ketones (excluding diaryl/α,β-unsaturated/α-hetero) is 1. The number of aliphatic hydroxyl groups excluding tert-OH is 1. The van der Waals surface area contributed by atoms with Crippen LogP contribution in [0.15, 0.2) is 42.0 Å². The lowest BCUT2D eigenvalue weighted by molar-refractivity contribution is -0.140. The van der Waals surface area contributed by atoms with Gasteiger partial charge in [0.2, 0.25) is 0 Å². The summed E-state index contributed by atoms with van der Waals surface area (Å²) >= 11 is 0. The van der Waals surface area contributed by atoms with Crippen LogP contribution in [0.25, 0.3) is 5.76 Å². The molecule has 0 bridgehead atoms. The first-order chi connectivity index (χ1) is 18.1. The van der Waals surface area contributed by atoms with Crippen molar-refractivity contribution in [2.45, 2.75) is 58.1 Å². The molecule has 0 radical (unpaired) electrons. The van der Waals surface area contributed by atoms with E-state index in [4.69, 9.17) is 18.9 Å². The highest BCUT2D eigenvalue weighted by molar-refractivity contribution is 6.46. The maximum atomic E-state index is 13.5. The van der Waals surface area contributed by atoms with Crippen LogP contribution in [0.2, 0.25) is 0 Å². The lowest BCUT2D eigenvalue weighted by Gasteiger charge is -2.28. The molecule has 0 aliphatic carbocycles. The van der Waals surface area contributed by atoms with Crippen LogP contribution < -0.4 is 14.2 Å². The largest absolute Gasteiger partial charge is 0.507 e. The zero-order valence-corrected chi connectivity index (χ0v) is 23.0. The highest BCUT2D eigenvalue weighted by atomic mass is 16.5. The van der Waals surface area contributed by atoms with Crippen molar-refractivity contribution in [2.24, 2.45) is 0 Å². The summed E-state index contributed by atoms with van der Waals surface area (Å²) in [4.78, 5) is 28.5. The number of rotatable bonds is 8. The van der Waals surface area contributed by atoms with Gasteiger partial charge in [0.05, 0.1) is 44.1 Å². The third-order valence-electron chi connectivity index (χ3n) is 7.09. The molecule has 2 unspecified atom stereocenters. The molecule has 2 aliphatic heterocycles. The molecule has 4 rings (SSSR count). The minimum atomic E-state index is -0.841. The molecule has 2 aliphatic rings. The Morgan fingerprint density at radius 3 is 2.37 bits per heavy atom. The number of likely N-dealkylation sites (tertiary alicyclic amines) is 1. The number of nitrogens with zero attached hydrogens (tertiary/aromatic N) is 1. The number of carbonyl (C=O) groups excluding carboxylic acids is 2. The van der Waals surface area contributed by atoms with Crippen molar-refractivity contribution >= 4 is 17.4 Å². The van der Waals surface area contributed by atoms with Gasteiger partial charge in [0.15, 0.2) is 11.5 Å². The summed E-state index contributed by atoms with van der Waals surface area (Å²) in [6, 6.07) is 9.98. The first kappa shape index (κ1) is 27.5. The Kier molecular flexibility index (Phi) is 8.02. The number of methoxy groups -OCH3 is 2. The summed E-state index contributed by atoms with van der Waals surface area (Å²) in [6.07, 6.45) is 1.51. The number of aliphatic hydroxyl groups is 1. The van der Waals surface area contributed by atoms with Gasteiger partial charge in [-0.2, -0.15) is 0 Å². The van der Waals surface area contributed by atoms with E-state index in [1.54, 1.807) is 24.3 Å². The van der Waals surface area contributed by atoms with Crippen LogP contribution >= 0.6 is 0 Å². The lowest BCUT2D eigenvalue weighted by atomic mass is 9.85. The van der Waals surface area contributed by atoms with E-state index >= 15 is 0 Å². The van der Waals surface area contributed by atoms with Crippen LogP contribution in [0.4, 0.5) is 0 Å². The lowest BCUT2D eigenvalue weighted by Crippen LogP contribution is -2.36. The quantitative estimate of drug-likeness (QED) is 0.296. The monoisotopic (exact) mass is 523 g/mol. The first-order valence-corrected chi connectivity index (χ1v) is 13.0. The summed E-state index contributed by atoms with van der Waals surface area (Å²) in [6.45, 7) is 9.37. The summed E-state index contributed by atoms with van der Waals surface area (Å²) in [7, 11) is 3.04. The van der Waals surface area contributed by atoms with Gasteiger partial charge in [-0.15, -0.1) is 0 Å². The van der Waals surface area contributed by atoms with Crippen LogP contribution in [-0.2, 0) is 19.7 Å². The molecular formula is C30H37NO7. The van der Waals surface area contributed by atoms with Crippen LogP contribution in [0.1, 0.15) is 63.3 Å². The molecule has 2 heterocycles. The molecular weight excluding hydrogens is 486 g/mol. The highest BCUT2D eigenvalue weighted by Gasteiger charge is 2.47. The first-order valence-electron chi connectivity index (χ1n) is 13.0. The Balaban J connectivity index is 1.91. The van der Waals surface area contributed by atoms with E-state index in [0.717, 1.165) is 18.4 Å². The van der Waals surface area contributed by atoms with Gasteiger partial charge in [0.1, 0.15) is 11.5 Å². The molecule has 2 fully saturated rings. The third-order valence-corrected chi connectivity index (χ3v) is 7.09. The van der Waals surface area contributed by atoms with E-state index in [0.29, 0.717) is 41.6 Å². The summed E-state index contributed by atoms with van der Waals surface area (Å²) < 4.78 is 22.6. The van der Waals surface area contributed by atoms with Crippen LogP contribution in [0.5, 0.6) is 17.2 Å². The molecule has 2 aromatic rings. The second-order valence-electron chi connectivity index (χ2n) is 10.6. The smallest absolute Gasteiger partial charge is 0.295 e. The Morgan fingerprint density at radius 2 is 1.76 bits per heavy atom.